The zero-order valence-electron chi connectivity index (χ0n) is 20.7. The molecule has 0 spiro atoms. The number of hydrogen-bond donors (Lipinski definition) is 4. The standard InChI is InChI=1S/C25H28FN9O2/c1-25(2,3)19-16(12-34(19)24(36)37)30-18-20(27)31-22(32-21(18)28)17-14-8-6-10-29-23(14)35(33-17)11-13-7-4-5-9-15(13)26/h4-10,16,19,30H,11-12H2,1-3H3,(H,36,37)(H4,27,28,31,32). The number of halogens is 1. The third-order valence-corrected chi connectivity index (χ3v) is 6.53. The Morgan fingerprint density at radius 2 is 1.86 bits per heavy atom. The number of anilines is 3. The third kappa shape index (κ3) is 4.34. The second kappa shape index (κ2) is 8.87. The number of nitrogen functional groups attached to an aromatic ring is 2. The van der Waals surface area contributed by atoms with Crippen LogP contribution in [0.5, 0.6) is 0 Å². The lowest BCUT2D eigenvalue weighted by Gasteiger charge is -2.53. The van der Waals surface area contributed by atoms with Crippen molar-refractivity contribution in [1.82, 2.24) is 29.6 Å². The Morgan fingerprint density at radius 3 is 2.51 bits per heavy atom. The van der Waals surface area contributed by atoms with Crippen molar-refractivity contribution in [2.45, 2.75) is 39.4 Å². The number of fused-ring (bicyclic) bond motifs is 1. The molecule has 0 radical (unpaired) electrons. The van der Waals surface area contributed by atoms with E-state index in [1.54, 1.807) is 35.1 Å². The Labute approximate surface area is 212 Å². The van der Waals surface area contributed by atoms with Crippen molar-refractivity contribution in [3.8, 4) is 11.5 Å². The monoisotopic (exact) mass is 505 g/mol. The van der Waals surface area contributed by atoms with Gasteiger partial charge in [-0.25, -0.2) is 28.8 Å². The second-order valence-electron chi connectivity index (χ2n) is 10.2. The van der Waals surface area contributed by atoms with Crippen LogP contribution in [0.25, 0.3) is 22.6 Å². The molecule has 37 heavy (non-hydrogen) atoms. The van der Waals surface area contributed by atoms with E-state index in [4.69, 9.17) is 11.5 Å². The number of carbonyl (C=O) groups is 1. The third-order valence-electron chi connectivity index (χ3n) is 6.53. The molecular weight excluding hydrogens is 477 g/mol. The van der Waals surface area contributed by atoms with E-state index in [1.807, 2.05) is 26.8 Å². The molecule has 12 heteroatoms. The molecule has 1 saturated heterocycles. The normalized spacial score (nSPS) is 17.6. The van der Waals surface area contributed by atoms with Gasteiger partial charge >= 0.3 is 6.09 Å². The van der Waals surface area contributed by atoms with E-state index in [-0.39, 0.29) is 53.9 Å². The fraction of sp³-hybridized carbons (Fsp3) is 0.320. The zero-order valence-corrected chi connectivity index (χ0v) is 20.7. The van der Waals surface area contributed by atoms with Crippen LogP contribution in [0.15, 0.2) is 42.6 Å². The van der Waals surface area contributed by atoms with E-state index in [0.717, 1.165) is 0 Å². The molecular formula is C25H28FN9O2. The first-order valence-electron chi connectivity index (χ1n) is 11.8. The number of rotatable bonds is 5. The highest BCUT2D eigenvalue weighted by Gasteiger charge is 2.48. The van der Waals surface area contributed by atoms with Crippen LogP contribution < -0.4 is 16.8 Å². The van der Waals surface area contributed by atoms with Gasteiger partial charge in [-0.05, 0) is 23.6 Å². The van der Waals surface area contributed by atoms with Crippen molar-refractivity contribution in [2.75, 3.05) is 23.3 Å². The van der Waals surface area contributed by atoms with Crippen molar-refractivity contribution < 1.29 is 14.3 Å². The van der Waals surface area contributed by atoms with Crippen LogP contribution in [0.2, 0.25) is 0 Å². The number of nitrogens with one attached hydrogen (secondary N) is 1. The van der Waals surface area contributed by atoms with Gasteiger partial charge in [-0.3, -0.25) is 0 Å². The number of pyridine rings is 1. The molecule has 4 heterocycles. The van der Waals surface area contributed by atoms with E-state index in [9.17, 15) is 14.3 Å². The largest absolute Gasteiger partial charge is 0.465 e. The minimum Gasteiger partial charge on any atom is -0.465 e. The highest BCUT2D eigenvalue weighted by molar-refractivity contribution is 5.90. The predicted molar refractivity (Wildman–Crippen MR) is 138 cm³/mol. The lowest BCUT2D eigenvalue weighted by atomic mass is 9.76. The molecule has 0 saturated carbocycles. The second-order valence-corrected chi connectivity index (χ2v) is 10.2. The average molecular weight is 506 g/mol. The Kier molecular flexibility index (Phi) is 5.81. The maximum Gasteiger partial charge on any atom is 0.407 e. The quantitative estimate of drug-likeness (QED) is 0.318. The summed E-state index contributed by atoms with van der Waals surface area (Å²) in [7, 11) is 0. The van der Waals surface area contributed by atoms with Gasteiger partial charge in [0.1, 0.15) is 17.2 Å². The summed E-state index contributed by atoms with van der Waals surface area (Å²) in [6.45, 7) is 6.38. The van der Waals surface area contributed by atoms with Gasteiger partial charge in [0.15, 0.2) is 23.1 Å². The average Bonchev–Trinajstić information content (AvgIpc) is 3.16. The first-order chi connectivity index (χ1) is 17.5. The summed E-state index contributed by atoms with van der Waals surface area (Å²) >= 11 is 0. The summed E-state index contributed by atoms with van der Waals surface area (Å²) in [4.78, 5) is 26.3. The topological polar surface area (TPSA) is 161 Å². The number of nitrogens with zero attached hydrogens (tertiary/aromatic N) is 6. The number of benzene rings is 1. The molecule has 1 aromatic carbocycles. The van der Waals surface area contributed by atoms with Gasteiger partial charge in [0.2, 0.25) is 0 Å². The molecule has 6 N–H and O–H groups in total. The molecule has 2 atom stereocenters. The van der Waals surface area contributed by atoms with Crippen LogP contribution in [-0.4, -0.2) is 59.5 Å². The highest BCUT2D eigenvalue weighted by atomic mass is 19.1. The van der Waals surface area contributed by atoms with Crippen molar-refractivity contribution in [2.24, 2.45) is 5.41 Å². The van der Waals surface area contributed by atoms with Crippen LogP contribution in [0.1, 0.15) is 26.3 Å². The highest BCUT2D eigenvalue weighted by Crippen LogP contribution is 2.38. The zero-order chi connectivity index (χ0) is 26.5. The maximum atomic E-state index is 14.3. The minimum absolute atomic E-state index is 0.115. The van der Waals surface area contributed by atoms with E-state index in [1.165, 1.54) is 11.0 Å². The van der Waals surface area contributed by atoms with E-state index >= 15 is 0 Å². The molecule has 5 rings (SSSR count). The molecule has 1 aliphatic heterocycles. The van der Waals surface area contributed by atoms with E-state index in [0.29, 0.717) is 28.0 Å². The summed E-state index contributed by atoms with van der Waals surface area (Å²) in [5.74, 6) is 0.100. The summed E-state index contributed by atoms with van der Waals surface area (Å²) in [6.07, 6.45) is 0.657. The maximum absolute atomic E-state index is 14.3. The first-order valence-corrected chi connectivity index (χ1v) is 11.8. The summed E-state index contributed by atoms with van der Waals surface area (Å²) in [5, 5.41) is 18.1. The van der Waals surface area contributed by atoms with Crippen LogP contribution in [0, 0.1) is 11.2 Å². The van der Waals surface area contributed by atoms with Crippen LogP contribution in [0.4, 0.5) is 26.5 Å². The van der Waals surface area contributed by atoms with Gasteiger partial charge in [-0.1, -0.05) is 39.0 Å². The molecule has 192 valence electrons. The number of hydrogen-bond acceptors (Lipinski definition) is 8. The molecule has 1 fully saturated rings. The Balaban J connectivity index is 1.48. The van der Waals surface area contributed by atoms with Crippen LogP contribution >= 0.6 is 0 Å². The smallest absolute Gasteiger partial charge is 0.407 e. The van der Waals surface area contributed by atoms with Gasteiger partial charge in [0, 0.05) is 18.3 Å². The summed E-state index contributed by atoms with van der Waals surface area (Å²) in [6, 6.07) is 9.58. The molecule has 1 aliphatic rings. The molecule has 4 aromatic rings. The number of amides is 1. The molecule has 11 nitrogen and oxygen atoms in total. The van der Waals surface area contributed by atoms with Crippen molar-refractivity contribution in [3.63, 3.8) is 0 Å². The van der Waals surface area contributed by atoms with Gasteiger partial charge in [-0.2, -0.15) is 5.10 Å². The fourth-order valence-electron chi connectivity index (χ4n) is 4.91. The van der Waals surface area contributed by atoms with Crippen LogP contribution in [0.3, 0.4) is 0 Å². The Hall–Kier alpha value is -4.48. The van der Waals surface area contributed by atoms with Gasteiger partial charge in [0.05, 0.1) is 24.0 Å². The molecule has 0 bridgehead atoms. The SMILES string of the molecule is CC(C)(C)C1C(Nc2c(N)nc(-c3nn(Cc4ccccc4F)c4ncccc34)nc2N)CN1C(=O)O. The lowest BCUT2D eigenvalue weighted by Crippen LogP contribution is -2.69. The van der Waals surface area contributed by atoms with E-state index < -0.39 is 6.09 Å². The van der Waals surface area contributed by atoms with Crippen molar-refractivity contribution >= 4 is 34.4 Å². The van der Waals surface area contributed by atoms with Crippen molar-refractivity contribution in [1.29, 1.82) is 0 Å². The fourth-order valence-corrected chi connectivity index (χ4v) is 4.91. The molecule has 0 aliphatic carbocycles. The lowest BCUT2D eigenvalue weighted by molar-refractivity contribution is 0.00834. The van der Waals surface area contributed by atoms with E-state index in [2.05, 4.69) is 25.4 Å². The Bertz CT molecular complexity index is 1470. The number of aromatic nitrogens is 5. The first kappa shape index (κ1) is 24.2. The van der Waals surface area contributed by atoms with Crippen molar-refractivity contribution in [3.05, 3.63) is 54.0 Å². The predicted octanol–water partition coefficient (Wildman–Crippen LogP) is 3.43. The number of nitrogens with two attached hydrogens (primary N) is 2. The van der Waals surface area contributed by atoms with Gasteiger partial charge < -0.3 is 26.8 Å². The molecule has 3 aromatic heterocycles. The van der Waals surface area contributed by atoms with Crippen LogP contribution in [-0.2, 0) is 6.54 Å². The minimum atomic E-state index is -0.975. The van der Waals surface area contributed by atoms with Gasteiger partial charge in [-0.15, -0.1) is 0 Å². The number of carboxylic acid groups (broad SMARTS) is 1. The number of likely N-dealkylation sites (tertiary alicyclic amines) is 1. The molecule has 2 unspecified atom stereocenters. The molecule has 1 amide bonds. The Morgan fingerprint density at radius 1 is 1.16 bits per heavy atom. The summed E-state index contributed by atoms with van der Waals surface area (Å²) < 4.78 is 15.9. The summed E-state index contributed by atoms with van der Waals surface area (Å²) in [5.41, 5.74) is 14.1. The van der Waals surface area contributed by atoms with Gasteiger partial charge in [0.25, 0.3) is 0 Å².